The van der Waals surface area contributed by atoms with E-state index in [0.29, 0.717) is 25.7 Å². The van der Waals surface area contributed by atoms with Gasteiger partial charge in [-0.3, -0.25) is 37.3 Å². The van der Waals surface area contributed by atoms with Crippen LogP contribution in [0.2, 0.25) is 0 Å². The van der Waals surface area contributed by atoms with Gasteiger partial charge in [0, 0.05) is 25.7 Å². The van der Waals surface area contributed by atoms with Gasteiger partial charge in [0.05, 0.1) is 26.4 Å². The van der Waals surface area contributed by atoms with Crippen LogP contribution in [0.5, 0.6) is 0 Å². The summed E-state index contributed by atoms with van der Waals surface area (Å²) >= 11 is 0. The third-order valence-electron chi connectivity index (χ3n) is 17.8. The molecule has 5 atom stereocenters. The zero-order valence-electron chi connectivity index (χ0n) is 64.1. The van der Waals surface area contributed by atoms with Crippen LogP contribution in [0, 0.1) is 0 Å². The molecule has 0 aromatic rings. The van der Waals surface area contributed by atoms with Gasteiger partial charge in [0.25, 0.3) is 0 Å². The van der Waals surface area contributed by atoms with Crippen LogP contribution in [0.1, 0.15) is 387 Å². The van der Waals surface area contributed by atoms with E-state index in [0.717, 1.165) is 135 Å². The van der Waals surface area contributed by atoms with Crippen LogP contribution in [0.3, 0.4) is 0 Å². The van der Waals surface area contributed by atoms with E-state index in [2.05, 4.69) is 76.3 Å². The first-order valence-electron chi connectivity index (χ1n) is 40.9. The summed E-state index contributed by atoms with van der Waals surface area (Å²) in [5.74, 6) is -2.14. The Bertz CT molecular complexity index is 2080. The largest absolute Gasteiger partial charge is 0.472 e. The van der Waals surface area contributed by atoms with Gasteiger partial charge in [-0.2, -0.15) is 0 Å². The summed E-state index contributed by atoms with van der Waals surface area (Å²) in [7, 11) is -9.93. The Balaban J connectivity index is 5.28. The number of esters is 4. The second kappa shape index (κ2) is 74.3. The molecule has 0 aliphatic heterocycles. The Kier molecular flexibility index (Phi) is 72.1. The lowest BCUT2D eigenvalue weighted by molar-refractivity contribution is -0.161. The standard InChI is InChI=1S/C81H150O17P2/c1-5-9-13-17-21-25-29-33-35-36-37-38-40-44-46-50-54-58-62-66-79(84)92-72-77(98-81(86)68-64-60-56-52-48-42-32-28-24-20-16-12-8-4)74-96-100(89,90)94-70-75(82)69-93-99(87,88)95-73-76(97-80(85)67-63-59-55-51-47-41-31-27-23-19-15-11-7-3)71-91-78(83)65-61-57-53-49-45-43-39-34-30-26-22-18-14-10-6-2/h9,13,21,25,33,35,37-38,75-77,82H,5-8,10-12,14-20,22-24,26-32,34,36,39-74H2,1-4H3,(H,87,88)(H,89,90)/b13-9-,25-21-,35-33-,38-37-. The van der Waals surface area contributed by atoms with Crippen molar-refractivity contribution in [2.45, 2.75) is 406 Å². The molecule has 0 spiro atoms. The number of hydrogen-bond acceptors (Lipinski definition) is 15. The number of aliphatic hydroxyl groups excluding tert-OH is 1. The molecule has 0 bridgehead atoms. The fourth-order valence-corrected chi connectivity index (χ4v) is 13.2. The SMILES string of the molecule is CC/C=C\C/C=C\C/C=C\C/C=C\CCCCCCCCC(=O)OCC(COP(=O)(O)OCC(O)COP(=O)(O)OCC(COC(=O)CCCCCCCCCCCCCCCCC)OC(=O)CCCCCCCCCCCCCCC)OC(=O)CCCCCCCCCCCCCCC. The number of ether oxygens (including phenoxy) is 4. The lowest BCUT2D eigenvalue weighted by Crippen LogP contribution is -2.30. The fraction of sp³-hybridized carbons (Fsp3) is 0.852. The molecule has 0 amide bonds. The Morgan fingerprint density at radius 3 is 0.800 bits per heavy atom. The van der Waals surface area contributed by atoms with Crippen molar-refractivity contribution in [1.29, 1.82) is 0 Å². The average molecular weight is 1460 g/mol. The number of carbonyl (C=O) groups is 4. The maximum atomic E-state index is 13.1. The fourth-order valence-electron chi connectivity index (χ4n) is 11.6. The van der Waals surface area contributed by atoms with Crippen molar-refractivity contribution < 1.29 is 80.2 Å². The number of hydrogen-bond donors (Lipinski definition) is 3. The van der Waals surface area contributed by atoms with Gasteiger partial charge in [0.2, 0.25) is 0 Å². The van der Waals surface area contributed by atoms with E-state index in [1.807, 2.05) is 0 Å². The quantitative estimate of drug-likeness (QED) is 0.0169. The molecule has 17 nitrogen and oxygen atoms in total. The Hall–Kier alpha value is -2.98. The molecule has 586 valence electrons. The van der Waals surface area contributed by atoms with Crippen LogP contribution in [-0.2, 0) is 65.4 Å². The minimum Gasteiger partial charge on any atom is -0.462 e. The van der Waals surface area contributed by atoms with E-state index in [-0.39, 0.29) is 25.7 Å². The molecule has 3 N–H and O–H groups in total. The van der Waals surface area contributed by atoms with E-state index in [4.69, 9.17) is 37.0 Å². The molecule has 5 unspecified atom stereocenters. The van der Waals surface area contributed by atoms with Gasteiger partial charge >= 0.3 is 39.5 Å². The number of aliphatic hydroxyl groups is 1. The summed E-state index contributed by atoms with van der Waals surface area (Å²) in [4.78, 5) is 73.0. The maximum Gasteiger partial charge on any atom is 0.472 e. The number of unbranched alkanes of at least 4 members (excludes halogenated alkanes) is 44. The minimum absolute atomic E-state index is 0.0992. The third-order valence-corrected chi connectivity index (χ3v) is 19.7. The van der Waals surface area contributed by atoms with E-state index in [9.17, 15) is 43.2 Å². The first-order valence-corrected chi connectivity index (χ1v) is 43.9. The first-order chi connectivity index (χ1) is 48.7. The maximum absolute atomic E-state index is 13.1. The molecular weight excluding hydrogens is 1310 g/mol. The second-order valence-corrected chi connectivity index (χ2v) is 30.6. The predicted molar refractivity (Wildman–Crippen MR) is 409 cm³/mol. The molecule has 0 rings (SSSR count). The van der Waals surface area contributed by atoms with Crippen molar-refractivity contribution >= 4 is 39.5 Å². The molecule has 0 saturated heterocycles. The Labute approximate surface area is 610 Å². The zero-order valence-corrected chi connectivity index (χ0v) is 65.9. The van der Waals surface area contributed by atoms with E-state index < -0.39 is 97.5 Å². The third kappa shape index (κ3) is 73.3. The Morgan fingerprint density at radius 1 is 0.290 bits per heavy atom. The molecule has 0 aromatic carbocycles. The van der Waals surface area contributed by atoms with Crippen LogP contribution in [0.15, 0.2) is 48.6 Å². The summed E-state index contributed by atoms with van der Waals surface area (Å²) in [5, 5.41) is 10.6. The van der Waals surface area contributed by atoms with Crippen molar-refractivity contribution in [3.05, 3.63) is 48.6 Å². The summed E-state index contributed by atoms with van der Waals surface area (Å²) in [5.41, 5.74) is 0. The molecule has 0 heterocycles. The van der Waals surface area contributed by atoms with Gasteiger partial charge < -0.3 is 33.8 Å². The topological polar surface area (TPSA) is 237 Å². The van der Waals surface area contributed by atoms with Crippen molar-refractivity contribution in [2.75, 3.05) is 39.6 Å². The lowest BCUT2D eigenvalue weighted by atomic mass is 10.0. The number of rotatable bonds is 78. The summed E-state index contributed by atoms with van der Waals surface area (Å²) in [6.45, 7) is 4.85. The summed E-state index contributed by atoms with van der Waals surface area (Å²) in [6, 6.07) is 0. The molecule has 0 fully saturated rings. The number of phosphoric ester groups is 2. The van der Waals surface area contributed by atoms with Crippen LogP contribution in [-0.4, -0.2) is 96.7 Å². The zero-order chi connectivity index (χ0) is 73.2. The molecular formula is C81H150O17P2. The van der Waals surface area contributed by atoms with Gasteiger partial charge in [-0.05, 0) is 64.2 Å². The minimum atomic E-state index is -4.97. The second-order valence-electron chi connectivity index (χ2n) is 27.7. The van der Waals surface area contributed by atoms with Crippen LogP contribution < -0.4 is 0 Å². The Morgan fingerprint density at radius 2 is 0.520 bits per heavy atom. The highest BCUT2D eigenvalue weighted by atomic mass is 31.2. The van der Waals surface area contributed by atoms with E-state index in [1.54, 1.807) is 0 Å². The molecule has 0 aliphatic carbocycles. The highest BCUT2D eigenvalue weighted by Crippen LogP contribution is 2.45. The smallest absolute Gasteiger partial charge is 0.462 e. The molecule has 19 heteroatoms. The first kappa shape index (κ1) is 97.0. The lowest BCUT2D eigenvalue weighted by Gasteiger charge is -2.21. The predicted octanol–water partition coefficient (Wildman–Crippen LogP) is 23.7. The molecule has 0 aromatic heterocycles. The van der Waals surface area contributed by atoms with Crippen molar-refractivity contribution in [2.24, 2.45) is 0 Å². The van der Waals surface area contributed by atoms with Crippen molar-refractivity contribution in [3.63, 3.8) is 0 Å². The van der Waals surface area contributed by atoms with E-state index in [1.165, 1.54) is 173 Å². The van der Waals surface area contributed by atoms with Gasteiger partial charge in [0.15, 0.2) is 12.2 Å². The molecule has 0 saturated carbocycles. The van der Waals surface area contributed by atoms with Crippen LogP contribution in [0.4, 0.5) is 0 Å². The molecule has 0 radical (unpaired) electrons. The highest BCUT2D eigenvalue weighted by molar-refractivity contribution is 7.47. The van der Waals surface area contributed by atoms with Gasteiger partial charge in [0.1, 0.15) is 19.3 Å². The number of allylic oxidation sites excluding steroid dienone is 8. The summed E-state index contributed by atoms with van der Waals surface area (Å²) in [6.07, 6.45) is 72.2. The highest BCUT2D eigenvalue weighted by Gasteiger charge is 2.30. The summed E-state index contributed by atoms with van der Waals surface area (Å²) < 4.78 is 68.7. The number of carbonyl (C=O) groups excluding carboxylic acids is 4. The van der Waals surface area contributed by atoms with Gasteiger partial charge in [-0.1, -0.05) is 346 Å². The van der Waals surface area contributed by atoms with E-state index >= 15 is 0 Å². The normalized spacial score (nSPS) is 14.1. The molecule has 100 heavy (non-hydrogen) atoms. The molecule has 0 aliphatic rings. The van der Waals surface area contributed by atoms with Gasteiger partial charge in [-0.15, -0.1) is 0 Å². The average Bonchev–Trinajstić information content (AvgIpc) is 0.935. The van der Waals surface area contributed by atoms with Crippen LogP contribution >= 0.6 is 15.6 Å². The van der Waals surface area contributed by atoms with Crippen molar-refractivity contribution in [3.8, 4) is 0 Å². The number of phosphoric acid groups is 2. The monoisotopic (exact) mass is 1460 g/mol. The van der Waals surface area contributed by atoms with Crippen LogP contribution in [0.25, 0.3) is 0 Å². The van der Waals surface area contributed by atoms with Gasteiger partial charge in [-0.25, -0.2) is 9.13 Å². The van der Waals surface area contributed by atoms with Crippen molar-refractivity contribution in [1.82, 2.24) is 0 Å².